The molecule has 3 N–H and O–H groups in total. The zero-order valence-corrected chi connectivity index (χ0v) is 8.71. The fourth-order valence-electron chi connectivity index (χ4n) is 0.998. The molecule has 0 radical (unpaired) electrons. The van der Waals surface area contributed by atoms with Crippen LogP contribution in [0.5, 0.6) is 0 Å². The lowest BCUT2D eigenvalue weighted by molar-refractivity contribution is -0.119. The van der Waals surface area contributed by atoms with Crippen LogP contribution in [0, 0.1) is 18.8 Å². The minimum absolute atomic E-state index is 0.00616. The average molecular weight is 202 g/mol. The Morgan fingerprint density at radius 2 is 2.07 bits per heavy atom. The summed E-state index contributed by atoms with van der Waals surface area (Å²) in [5.41, 5.74) is 7.27. The van der Waals surface area contributed by atoms with Gasteiger partial charge in [0.2, 0.25) is 5.91 Å². The summed E-state index contributed by atoms with van der Waals surface area (Å²) in [7, 11) is 0. The number of hydrogen-bond donors (Lipinski definition) is 2. The van der Waals surface area contributed by atoms with Crippen molar-refractivity contribution in [3.8, 4) is 11.8 Å². The van der Waals surface area contributed by atoms with Gasteiger partial charge in [-0.1, -0.05) is 29.5 Å². The first kappa shape index (κ1) is 11.3. The maximum absolute atomic E-state index is 10.8. The van der Waals surface area contributed by atoms with Crippen LogP contribution in [-0.2, 0) is 4.79 Å². The summed E-state index contributed by atoms with van der Waals surface area (Å²) >= 11 is 0. The smallest absolute Gasteiger partial charge is 0.234 e. The average Bonchev–Trinajstić information content (AvgIpc) is 2.26. The topological polar surface area (TPSA) is 55.1 Å². The van der Waals surface area contributed by atoms with Crippen LogP contribution in [0.3, 0.4) is 0 Å². The van der Waals surface area contributed by atoms with E-state index in [1.807, 2.05) is 31.2 Å². The molecule has 0 aliphatic rings. The highest BCUT2D eigenvalue weighted by atomic mass is 16.1. The van der Waals surface area contributed by atoms with Crippen molar-refractivity contribution in [3.63, 3.8) is 0 Å². The summed E-state index contributed by atoms with van der Waals surface area (Å²) in [6.45, 7) is 2.37. The fraction of sp³-hybridized carbons (Fsp3) is 0.250. The summed E-state index contributed by atoms with van der Waals surface area (Å²) in [4.78, 5) is 10.8. The Labute approximate surface area is 89.7 Å². The molecule has 0 bridgehead atoms. The number of hydrogen-bond acceptors (Lipinski definition) is 2. The van der Waals surface area contributed by atoms with Crippen molar-refractivity contribution in [2.75, 3.05) is 13.1 Å². The SMILES string of the molecule is Cc1ccc(C#CCNC(=O)CN)cc1. The van der Waals surface area contributed by atoms with Gasteiger partial charge in [0, 0.05) is 5.56 Å². The molecule has 0 atom stereocenters. The van der Waals surface area contributed by atoms with Gasteiger partial charge in [0.05, 0.1) is 13.1 Å². The predicted molar refractivity (Wildman–Crippen MR) is 60.1 cm³/mol. The van der Waals surface area contributed by atoms with Gasteiger partial charge in [0.15, 0.2) is 0 Å². The van der Waals surface area contributed by atoms with Crippen LogP contribution in [0.15, 0.2) is 24.3 Å². The second kappa shape index (κ2) is 5.84. The first-order valence-electron chi connectivity index (χ1n) is 4.74. The number of nitrogens with one attached hydrogen (secondary N) is 1. The Morgan fingerprint density at radius 1 is 1.40 bits per heavy atom. The quantitative estimate of drug-likeness (QED) is 0.683. The van der Waals surface area contributed by atoms with E-state index in [-0.39, 0.29) is 12.5 Å². The van der Waals surface area contributed by atoms with E-state index in [4.69, 9.17) is 5.73 Å². The van der Waals surface area contributed by atoms with Crippen LogP contribution in [0.2, 0.25) is 0 Å². The molecule has 1 aromatic carbocycles. The molecule has 0 aromatic heterocycles. The fourth-order valence-corrected chi connectivity index (χ4v) is 0.998. The van der Waals surface area contributed by atoms with E-state index < -0.39 is 0 Å². The van der Waals surface area contributed by atoms with Crippen molar-refractivity contribution in [2.24, 2.45) is 5.73 Å². The van der Waals surface area contributed by atoms with Crippen molar-refractivity contribution < 1.29 is 4.79 Å². The minimum Gasteiger partial charge on any atom is -0.344 e. The van der Waals surface area contributed by atoms with Crippen LogP contribution in [0.1, 0.15) is 11.1 Å². The maximum atomic E-state index is 10.8. The number of carbonyl (C=O) groups excluding carboxylic acids is 1. The lowest BCUT2D eigenvalue weighted by Gasteiger charge is -1.95. The van der Waals surface area contributed by atoms with Crippen molar-refractivity contribution in [3.05, 3.63) is 35.4 Å². The first-order valence-corrected chi connectivity index (χ1v) is 4.74. The molecule has 0 aliphatic carbocycles. The highest BCUT2D eigenvalue weighted by Crippen LogP contribution is 2.00. The minimum atomic E-state index is -0.187. The van der Waals surface area contributed by atoms with Crippen LogP contribution in [-0.4, -0.2) is 19.0 Å². The Kier molecular flexibility index (Phi) is 4.39. The number of nitrogens with two attached hydrogens (primary N) is 1. The van der Waals surface area contributed by atoms with Crippen molar-refractivity contribution in [1.82, 2.24) is 5.32 Å². The standard InChI is InChI=1S/C12H14N2O/c1-10-4-6-11(7-5-10)3-2-8-14-12(15)9-13/h4-7H,8-9,13H2,1H3,(H,14,15). The lowest BCUT2D eigenvalue weighted by Crippen LogP contribution is -2.30. The van der Waals surface area contributed by atoms with Gasteiger partial charge in [-0.15, -0.1) is 0 Å². The summed E-state index contributed by atoms with van der Waals surface area (Å²) in [5, 5.41) is 2.58. The van der Waals surface area contributed by atoms with Crippen LogP contribution in [0.25, 0.3) is 0 Å². The third-order valence-electron chi connectivity index (χ3n) is 1.84. The molecule has 1 aromatic rings. The van der Waals surface area contributed by atoms with E-state index in [0.717, 1.165) is 5.56 Å². The molecule has 0 saturated heterocycles. The van der Waals surface area contributed by atoms with E-state index in [9.17, 15) is 4.79 Å². The maximum Gasteiger partial charge on any atom is 0.234 e. The van der Waals surface area contributed by atoms with E-state index in [0.29, 0.717) is 6.54 Å². The first-order chi connectivity index (χ1) is 7.22. The van der Waals surface area contributed by atoms with Crippen molar-refractivity contribution in [1.29, 1.82) is 0 Å². The molecular weight excluding hydrogens is 188 g/mol. The third-order valence-corrected chi connectivity index (χ3v) is 1.84. The van der Waals surface area contributed by atoms with E-state index in [1.165, 1.54) is 5.56 Å². The van der Waals surface area contributed by atoms with E-state index in [1.54, 1.807) is 0 Å². The van der Waals surface area contributed by atoms with Gasteiger partial charge in [-0.2, -0.15) is 0 Å². The molecule has 0 spiro atoms. The lowest BCUT2D eigenvalue weighted by atomic mass is 10.2. The van der Waals surface area contributed by atoms with Gasteiger partial charge in [0.1, 0.15) is 0 Å². The zero-order chi connectivity index (χ0) is 11.1. The number of benzene rings is 1. The van der Waals surface area contributed by atoms with Crippen molar-refractivity contribution in [2.45, 2.75) is 6.92 Å². The van der Waals surface area contributed by atoms with Gasteiger partial charge < -0.3 is 11.1 Å². The molecule has 78 valence electrons. The predicted octanol–water partition coefficient (Wildman–Crippen LogP) is 0.421. The Balaban J connectivity index is 2.44. The van der Waals surface area contributed by atoms with E-state index in [2.05, 4.69) is 17.2 Å². The van der Waals surface area contributed by atoms with Crippen molar-refractivity contribution >= 4 is 5.91 Å². The van der Waals surface area contributed by atoms with Gasteiger partial charge in [-0.25, -0.2) is 0 Å². The Morgan fingerprint density at radius 3 is 2.67 bits per heavy atom. The monoisotopic (exact) mass is 202 g/mol. The number of amides is 1. The molecule has 3 nitrogen and oxygen atoms in total. The number of carbonyl (C=O) groups is 1. The summed E-state index contributed by atoms with van der Waals surface area (Å²) < 4.78 is 0. The summed E-state index contributed by atoms with van der Waals surface area (Å²) in [5.74, 6) is 5.61. The normalized spacial score (nSPS) is 8.93. The second-order valence-electron chi connectivity index (χ2n) is 3.15. The molecule has 15 heavy (non-hydrogen) atoms. The summed E-state index contributed by atoms with van der Waals surface area (Å²) in [6.07, 6.45) is 0. The van der Waals surface area contributed by atoms with Gasteiger partial charge in [-0.3, -0.25) is 4.79 Å². The zero-order valence-electron chi connectivity index (χ0n) is 8.71. The van der Waals surface area contributed by atoms with Gasteiger partial charge in [-0.05, 0) is 19.1 Å². The third kappa shape index (κ3) is 4.30. The molecule has 0 aliphatic heterocycles. The number of aryl methyl sites for hydroxylation is 1. The van der Waals surface area contributed by atoms with E-state index >= 15 is 0 Å². The van der Waals surface area contributed by atoms with Crippen LogP contribution >= 0.6 is 0 Å². The summed E-state index contributed by atoms with van der Waals surface area (Å²) in [6, 6.07) is 7.91. The molecule has 1 rings (SSSR count). The largest absolute Gasteiger partial charge is 0.344 e. The van der Waals surface area contributed by atoms with Gasteiger partial charge >= 0.3 is 0 Å². The molecule has 0 fully saturated rings. The molecule has 1 amide bonds. The molecule has 0 unspecified atom stereocenters. The Bertz CT molecular complexity index is 384. The van der Waals surface area contributed by atoms with Crippen LogP contribution in [0.4, 0.5) is 0 Å². The molecule has 3 heteroatoms. The molecular formula is C12H14N2O. The van der Waals surface area contributed by atoms with Gasteiger partial charge in [0.25, 0.3) is 0 Å². The highest BCUT2D eigenvalue weighted by molar-refractivity contribution is 5.77. The number of rotatable bonds is 2. The van der Waals surface area contributed by atoms with Crippen LogP contribution < -0.4 is 11.1 Å². The highest BCUT2D eigenvalue weighted by Gasteiger charge is 1.91. The molecule has 0 saturated carbocycles. The molecule has 0 heterocycles. The second-order valence-corrected chi connectivity index (χ2v) is 3.15. The Hall–Kier alpha value is -1.79.